The molecule has 0 radical (unpaired) electrons. The largest absolute Gasteiger partial charge is 0.320 e. The molecule has 0 saturated heterocycles. The molecule has 0 bridgehead atoms. The lowest BCUT2D eigenvalue weighted by molar-refractivity contribution is 0.102. The van der Waals surface area contributed by atoms with Crippen LogP contribution in [0.15, 0.2) is 39.4 Å². The van der Waals surface area contributed by atoms with Crippen molar-refractivity contribution >= 4 is 43.5 Å². The lowest BCUT2D eigenvalue weighted by Gasteiger charge is -2.10. The zero-order valence-electron chi connectivity index (χ0n) is 9.88. The number of pyridine rings is 1. The van der Waals surface area contributed by atoms with Crippen LogP contribution >= 0.6 is 31.9 Å². The van der Waals surface area contributed by atoms with Gasteiger partial charge < -0.3 is 5.32 Å². The van der Waals surface area contributed by atoms with Crippen molar-refractivity contribution in [2.45, 2.75) is 6.92 Å². The number of nitrogens with one attached hydrogen (secondary N) is 1. The lowest BCUT2D eigenvalue weighted by Crippen LogP contribution is -2.15. The molecule has 0 aliphatic heterocycles. The topological polar surface area (TPSA) is 42.0 Å². The van der Waals surface area contributed by atoms with Gasteiger partial charge in [0.2, 0.25) is 0 Å². The summed E-state index contributed by atoms with van der Waals surface area (Å²) in [5.74, 6) is -0.719. The number of aryl methyl sites for hydroxylation is 1. The van der Waals surface area contributed by atoms with Crippen LogP contribution in [0.1, 0.15) is 16.1 Å². The van der Waals surface area contributed by atoms with Crippen LogP contribution in [0.4, 0.5) is 10.1 Å². The first kappa shape index (κ1) is 14.1. The lowest BCUT2D eigenvalue weighted by atomic mass is 10.2. The third-order valence-electron chi connectivity index (χ3n) is 2.49. The summed E-state index contributed by atoms with van der Waals surface area (Å²) in [6, 6.07) is 6.34. The van der Waals surface area contributed by atoms with E-state index in [0.717, 1.165) is 0 Å². The van der Waals surface area contributed by atoms with Gasteiger partial charge in [0, 0.05) is 16.4 Å². The second-order valence-electron chi connectivity index (χ2n) is 3.87. The molecule has 0 atom stereocenters. The van der Waals surface area contributed by atoms with Gasteiger partial charge in [0.1, 0.15) is 11.5 Å². The fraction of sp³-hybridized carbons (Fsp3) is 0.0769. The van der Waals surface area contributed by atoms with Gasteiger partial charge in [-0.15, -0.1) is 0 Å². The highest BCUT2D eigenvalue weighted by Gasteiger charge is 2.13. The average molecular weight is 388 g/mol. The molecule has 1 N–H and O–H groups in total. The van der Waals surface area contributed by atoms with Crippen LogP contribution in [0, 0.1) is 12.7 Å². The molecule has 1 aromatic heterocycles. The minimum Gasteiger partial charge on any atom is -0.320 e. The van der Waals surface area contributed by atoms with Gasteiger partial charge in [0.05, 0.1) is 4.47 Å². The Labute approximate surface area is 126 Å². The van der Waals surface area contributed by atoms with Crippen LogP contribution in [0.2, 0.25) is 0 Å². The first-order valence-electron chi connectivity index (χ1n) is 5.36. The molecule has 2 aromatic rings. The van der Waals surface area contributed by atoms with Gasteiger partial charge in [-0.1, -0.05) is 0 Å². The summed E-state index contributed by atoms with van der Waals surface area (Å²) in [6.07, 6.45) is 1.53. The molecule has 3 nitrogen and oxygen atoms in total. The Morgan fingerprint density at radius 3 is 2.74 bits per heavy atom. The molecule has 1 amide bonds. The number of amides is 1. The number of anilines is 1. The van der Waals surface area contributed by atoms with E-state index in [0.29, 0.717) is 20.2 Å². The van der Waals surface area contributed by atoms with Gasteiger partial charge in [-0.25, -0.2) is 9.37 Å². The summed E-state index contributed by atoms with van der Waals surface area (Å²) in [5.41, 5.74) is 1.46. The number of rotatable bonds is 2. The van der Waals surface area contributed by atoms with Crippen molar-refractivity contribution in [3.05, 3.63) is 56.5 Å². The van der Waals surface area contributed by atoms with Crippen molar-refractivity contribution in [2.24, 2.45) is 0 Å². The molecule has 0 aliphatic rings. The second-order valence-corrected chi connectivity index (χ2v) is 5.58. The first-order chi connectivity index (χ1) is 8.99. The highest BCUT2D eigenvalue weighted by atomic mass is 79.9. The summed E-state index contributed by atoms with van der Waals surface area (Å²) < 4.78 is 14.2. The number of halogens is 3. The summed E-state index contributed by atoms with van der Waals surface area (Å²) in [5, 5.41) is 2.71. The molecule has 6 heteroatoms. The number of aromatic nitrogens is 1. The maximum Gasteiger partial charge on any atom is 0.275 e. The van der Waals surface area contributed by atoms with Crippen molar-refractivity contribution in [1.29, 1.82) is 0 Å². The Morgan fingerprint density at radius 1 is 1.32 bits per heavy atom. The van der Waals surface area contributed by atoms with Crippen molar-refractivity contribution in [3.63, 3.8) is 0 Å². The van der Waals surface area contributed by atoms with E-state index in [1.165, 1.54) is 18.3 Å². The van der Waals surface area contributed by atoms with Crippen molar-refractivity contribution in [1.82, 2.24) is 4.98 Å². The summed E-state index contributed by atoms with van der Waals surface area (Å²) in [6.45, 7) is 1.72. The zero-order chi connectivity index (χ0) is 14.0. The van der Waals surface area contributed by atoms with E-state index in [1.807, 2.05) is 0 Å². The zero-order valence-corrected chi connectivity index (χ0v) is 13.0. The number of carbonyl (C=O) groups is 1. The molecule has 1 heterocycles. The van der Waals surface area contributed by atoms with Crippen LogP contribution < -0.4 is 5.32 Å². The number of carbonyl (C=O) groups excluding carboxylic acids is 1. The number of nitrogens with zero attached hydrogens (tertiary/aromatic N) is 1. The summed E-state index contributed by atoms with van der Waals surface area (Å²) in [4.78, 5) is 16.1. The molecule has 98 valence electrons. The maximum atomic E-state index is 13.3. The Morgan fingerprint density at radius 2 is 2.05 bits per heavy atom. The molecular formula is C13H9Br2FN2O. The quantitative estimate of drug-likeness (QED) is 0.834. The van der Waals surface area contributed by atoms with Gasteiger partial charge in [-0.3, -0.25) is 4.79 Å². The highest BCUT2D eigenvalue weighted by molar-refractivity contribution is 9.10. The third-order valence-corrected chi connectivity index (χ3v) is 3.74. The molecule has 0 saturated carbocycles. The van der Waals surface area contributed by atoms with Crippen LogP contribution in [0.3, 0.4) is 0 Å². The SMILES string of the molecule is Cc1cc(F)c(Br)cc1NC(=O)c1ncccc1Br. The first-order valence-corrected chi connectivity index (χ1v) is 6.95. The van der Waals surface area contributed by atoms with Crippen LogP contribution in [0.5, 0.6) is 0 Å². The van der Waals surface area contributed by atoms with E-state index in [-0.39, 0.29) is 17.4 Å². The molecule has 0 fully saturated rings. The standard InChI is InChI=1S/C13H9Br2FN2O/c1-7-5-10(16)9(15)6-11(7)18-13(19)12-8(14)3-2-4-17-12/h2-6H,1H3,(H,18,19). The van der Waals surface area contributed by atoms with E-state index in [9.17, 15) is 9.18 Å². The Bertz CT molecular complexity index is 647. The average Bonchev–Trinajstić information content (AvgIpc) is 2.36. The van der Waals surface area contributed by atoms with Gasteiger partial charge in [0.15, 0.2) is 0 Å². The molecule has 19 heavy (non-hydrogen) atoms. The van der Waals surface area contributed by atoms with Gasteiger partial charge >= 0.3 is 0 Å². The molecule has 1 aromatic carbocycles. The molecule has 0 unspecified atom stereocenters. The summed E-state index contributed by atoms with van der Waals surface area (Å²) in [7, 11) is 0. The van der Waals surface area contributed by atoms with Gasteiger partial charge in [-0.05, 0) is 68.6 Å². The van der Waals surface area contributed by atoms with Crippen LogP contribution in [-0.4, -0.2) is 10.9 Å². The maximum absolute atomic E-state index is 13.3. The number of benzene rings is 1. The van der Waals surface area contributed by atoms with Gasteiger partial charge in [0.25, 0.3) is 5.91 Å². The van der Waals surface area contributed by atoms with E-state index in [1.54, 1.807) is 19.1 Å². The normalized spacial score (nSPS) is 10.3. The molecular weight excluding hydrogens is 379 g/mol. The highest BCUT2D eigenvalue weighted by Crippen LogP contribution is 2.25. The Balaban J connectivity index is 2.30. The van der Waals surface area contributed by atoms with Crippen molar-refractivity contribution < 1.29 is 9.18 Å². The third kappa shape index (κ3) is 3.19. The van der Waals surface area contributed by atoms with Crippen molar-refractivity contribution in [3.8, 4) is 0 Å². The van der Waals surface area contributed by atoms with E-state index in [4.69, 9.17) is 0 Å². The Hall–Kier alpha value is -1.27. The van der Waals surface area contributed by atoms with E-state index in [2.05, 4.69) is 42.2 Å². The number of hydrogen-bond acceptors (Lipinski definition) is 2. The van der Waals surface area contributed by atoms with Crippen LogP contribution in [0.25, 0.3) is 0 Å². The molecule has 0 spiro atoms. The van der Waals surface area contributed by atoms with E-state index >= 15 is 0 Å². The van der Waals surface area contributed by atoms with Gasteiger partial charge in [-0.2, -0.15) is 0 Å². The minimum atomic E-state index is -0.366. The minimum absolute atomic E-state index is 0.280. The van der Waals surface area contributed by atoms with Crippen LogP contribution in [-0.2, 0) is 0 Å². The predicted molar refractivity (Wildman–Crippen MR) is 78.7 cm³/mol. The summed E-state index contributed by atoms with van der Waals surface area (Å²) >= 11 is 6.35. The fourth-order valence-electron chi connectivity index (χ4n) is 1.52. The number of hydrogen-bond donors (Lipinski definition) is 1. The Kier molecular flexibility index (Phi) is 4.31. The smallest absolute Gasteiger partial charge is 0.275 e. The van der Waals surface area contributed by atoms with E-state index < -0.39 is 0 Å². The monoisotopic (exact) mass is 386 g/mol. The predicted octanol–water partition coefficient (Wildman–Crippen LogP) is 4.31. The second kappa shape index (κ2) is 5.79. The van der Waals surface area contributed by atoms with Crippen molar-refractivity contribution in [2.75, 3.05) is 5.32 Å². The molecule has 0 aliphatic carbocycles. The molecule has 2 rings (SSSR count). The fourth-order valence-corrected chi connectivity index (χ4v) is 2.29.